The summed E-state index contributed by atoms with van der Waals surface area (Å²) in [5.41, 5.74) is 0.851. The van der Waals surface area contributed by atoms with Crippen molar-refractivity contribution in [2.24, 2.45) is 10.8 Å². The Kier molecular flexibility index (Phi) is 6.92. The Morgan fingerprint density at radius 2 is 1.00 bits per heavy atom. The summed E-state index contributed by atoms with van der Waals surface area (Å²) in [5.74, 6) is 0. The molecule has 110 valence electrons. The summed E-state index contributed by atoms with van der Waals surface area (Å²) in [4.78, 5) is 2.65. The highest BCUT2D eigenvalue weighted by Gasteiger charge is 2.27. The van der Waals surface area contributed by atoms with Crippen LogP contribution < -0.4 is 0 Å². The molecule has 0 bridgehead atoms. The minimum Gasteiger partial charge on any atom is -0.300 e. The van der Waals surface area contributed by atoms with Gasteiger partial charge in [0, 0.05) is 12.1 Å². The van der Waals surface area contributed by atoms with E-state index in [9.17, 15) is 0 Å². The van der Waals surface area contributed by atoms with Gasteiger partial charge < -0.3 is 4.90 Å². The lowest BCUT2D eigenvalue weighted by atomic mass is 9.83. The van der Waals surface area contributed by atoms with E-state index in [4.69, 9.17) is 0 Å². The lowest BCUT2D eigenvalue weighted by molar-refractivity contribution is 0.0970. The summed E-state index contributed by atoms with van der Waals surface area (Å²) < 4.78 is 0. The smallest absolute Gasteiger partial charge is 0.00975 e. The van der Waals surface area contributed by atoms with Gasteiger partial charge in [-0.1, -0.05) is 55.4 Å². The molecule has 0 aromatic rings. The second-order valence-electron chi connectivity index (χ2n) is 8.32. The van der Waals surface area contributed by atoms with Crippen molar-refractivity contribution < 1.29 is 0 Å². The molecule has 18 heavy (non-hydrogen) atoms. The highest BCUT2D eigenvalue weighted by Crippen LogP contribution is 2.30. The van der Waals surface area contributed by atoms with Crippen LogP contribution in [0.2, 0.25) is 0 Å². The monoisotopic (exact) mass is 255 g/mol. The first-order valence-electron chi connectivity index (χ1n) is 7.72. The highest BCUT2D eigenvalue weighted by molar-refractivity contribution is 4.82. The summed E-state index contributed by atoms with van der Waals surface area (Å²) in [6, 6.07) is 1.44. The first-order chi connectivity index (χ1) is 8.00. The third kappa shape index (κ3) is 7.41. The fraction of sp³-hybridized carbons (Fsp3) is 1.00. The maximum Gasteiger partial charge on any atom is 0.00975 e. The van der Waals surface area contributed by atoms with Gasteiger partial charge in [-0.2, -0.15) is 0 Å². The van der Waals surface area contributed by atoms with Gasteiger partial charge >= 0.3 is 0 Å². The van der Waals surface area contributed by atoms with Crippen LogP contribution in [-0.4, -0.2) is 24.0 Å². The topological polar surface area (TPSA) is 3.24 Å². The van der Waals surface area contributed by atoms with Gasteiger partial charge in [-0.25, -0.2) is 0 Å². The van der Waals surface area contributed by atoms with Crippen LogP contribution in [0.5, 0.6) is 0 Å². The third-order valence-electron chi connectivity index (χ3n) is 3.79. The van der Waals surface area contributed by atoms with E-state index in [-0.39, 0.29) is 0 Å². The van der Waals surface area contributed by atoms with Gasteiger partial charge in [0.15, 0.2) is 0 Å². The van der Waals surface area contributed by atoms with E-state index in [1.165, 1.54) is 25.7 Å². The van der Waals surface area contributed by atoms with E-state index in [0.717, 1.165) is 12.1 Å². The Morgan fingerprint density at radius 3 is 1.17 bits per heavy atom. The van der Waals surface area contributed by atoms with Crippen molar-refractivity contribution in [1.82, 2.24) is 4.90 Å². The van der Waals surface area contributed by atoms with Gasteiger partial charge in [-0.3, -0.25) is 0 Å². The van der Waals surface area contributed by atoms with Crippen LogP contribution in [0.1, 0.15) is 81.1 Å². The van der Waals surface area contributed by atoms with Crippen LogP contribution in [0.4, 0.5) is 0 Å². The third-order valence-corrected chi connectivity index (χ3v) is 3.79. The molecule has 0 aromatic heterocycles. The van der Waals surface area contributed by atoms with Crippen LogP contribution in [-0.2, 0) is 0 Å². The average Bonchev–Trinajstić information content (AvgIpc) is 2.19. The van der Waals surface area contributed by atoms with Crippen molar-refractivity contribution in [2.75, 3.05) is 7.05 Å². The minimum atomic E-state index is 0.426. The lowest BCUT2D eigenvalue weighted by Gasteiger charge is -2.40. The Hall–Kier alpha value is -0.0400. The first kappa shape index (κ1) is 18.0. The second-order valence-corrected chi connectivity index (χ2v) is 8.32. The average molecular weight is 255 g/mol. The van der Waals surface area contributed by atoms with Crippen molar-refractivity contribution in [3.63, 3.8) is 0 Å². The normalized spacial score (nSPS) is 17.0. The van der Waals surface area contributed by atoms with E-state index in [2.05, 4.69) is 67.3 Å². The molecule has 0 heterocycles. The Balaban J connectivity index is 4.68. The number of hydrogen-bond donors (Lipinski definition) is 0. The van der Waals surface area contributed by atoms with Gasteiger partial charge in [-0.05, 0) is 43.6 Å². The van der Waals surface area contributed by atoms with E-state index in [1.54, 1.807) is 0 Å². The second kappa shape index (κ2) is 6.93. The molecular formula is C17H37N. The molecular weight excluding hydrogens is 218 g/mol. The molecule has 2 unspecified atom stereocenters. The first-order valence-corrected chi connectivity index (χ1v) is 7.72. The van der Waals surface area contributed by atoms with Crippen molar-refractivity contribution in [3.8, 4) is 0 Å². The molecule has 2 atom stereocenters. The largest absolute Gasteiger partial charge is 0.300 e. The lowest BCUT2D eigenvalue weighted by Crippen LogP contribution is -2.43. The van der Waals surface area contributed by atoms with E-state index >= 15 is 0 Å². The molecule has 0 amide bonds. The molecule has 1 heteroatoms. The molecule has 0 radical (unpaired) electrons. The fourth-order valence-corrected chi connectivity index (χ4v) is 2.86. The summed E-state index contributed by atoms with van der Waals surface area (Å²) in [6.45, 7) is 18.8. The van der Waals surface area contributed by atoms with Gasteiger partial charge in [0.05, 0.1) is 0 Å². The molecule has 0 N–H and O–H groups in total. The predicted octanol–water partition coefficient (Wildman–Crippen LogP) is 5.35. The Labute approximate surface area is 116 Å². The van der Waals surface area contributed by atoms with Crippen LogP contribution in [0, 0.1) is 10.8 Å². The summed E-state index contributed by atoms with van der Waals surface area (Å²) in [5, 5.41) is 0. The Bertz CT molecular complexity index is 195. The molecule has 0 fully saturated rings. The molecule has 0 aliphatic carbocycles. The number of nitrogens with zero attached hydrogens (tertiary/aromatic N) is 1. The van der Waals surface area contributed by atoms with Crippen molar-refractivity contribution in [2.45, 2.75) is 93.2 Å². The summed E-state index contributed by atoms with van der Waals surface area (Å²) >= 11 is 0. The molecule has 1 nitrogen and oxygen atoms in total. The van der Waals surface area contributed by atoms with E-state index in [1.807, 2.05) is 0 Å². The molecule has 0 saturated carbocycles. The number of rotatable bonds is 6. The van der Waals surface area contributed by atoms with Crippen molar-refractivity contribution in [1.29, 1.82) is 0 Å². The molecule has 0 rings (SSSR count). The zero-order chi connectivity index (χ0) is 14.6. The van der Waals surface area contributed by atoms with Crippen molar-refractivity contribution >= 4 is 0 Å². The standard InChI is InChI=1S/C17H37N/c1-10-14(12-16(3,4)5)18(9)15(11-2)13-17(6,7)8/h14-15H,10-13H2,1-9H3. The molecule has 0 saturated heterocycles. The number of hydrogen-bond acceptors (Lipinski definition) is 1. The van der Waals surface area contributed by atoms with Gasteiger partial charge in [0.2, 0.25) is 0 Å². The molecule has 0 aromatic carbocycles. The highest BCUT2D eigenvalue weighted by atomic mass is 15.2. The maximum atomic E-state index is 2.65. The van der Waals surface area contributed by atoms with Crippen LogP contribution >= 0.6 is 0 Å². The van der Waals surface area contributed by atoms with Crippen LogP contribution in [0.15, 0.2) is 0 Å². The molecule has 0 aliphatic rings. The summed E-state index contributed by atoms with van der Waals surface area (Å²) in [7, 11) is 2.33. The maximum absolute atomic E-state index is 2.65. The van der Waals surface area contributed by atoms with Crippen molar-refractivity contribution in [3.05, 3.63) is 0 Å². The van der Waals surface area contributed by atoms with Gasteiger partial charge in [0.1, 0.15) is 0 Å². The molecule has 0 spiro atoms. The zero-order valence-corrected chi connectivity index (χ0v) is 14.4. The Morgan fingerprint density at radius 1 is 0.722 bits per heavy atom. The minimum absolute atomic E-state index is 0.426. The van der Waals surface area contributed by atoms with E-state index in [0.29, 0.717) is 10.8 Å². The SMILES string of the molecule is CCC(CC(C)(C)C)N(C)C(CC)CC(C)(C)C. The van der Waals surface area contributed by atoms with Crippen LogP contribution in [0.3, 0.4) is 0 Å². The molecule has 0 aliphatic heterocycles. The van der Waals surface area contributed by atoms with E-state index < -0.39 is 0 Å². The summed E-state index contributed by atoms with van der Waals surface area (Å²) in [6.07, 6.45) is 5.10. The van der Waals surface area contributed by atoms with Gasteiger partial charge in [0.25, 0.3) is 0 Å². The predicted molar refractivity (Wildman–Crippen MR) is 84.1 cm³/mol. The van der Waals surface area contributed by atoms with Gasteiger partial charge in [-0.15, -0.1) is 0 Å². The fourth-order valence-electron chi connectivity index (χ4n) is 2.86. The zero-order valence-electron chi connectivity index (χ0n) is 14.4. The quantitative estimate of drug-likeness (QED) is 0.618. The van der Waals surface area contributed by atoms with Crippen LogP contribution in [0.25, 0.3) is 0 Å².